The maximum absolute atomic E-state index is 12.3. The second-order valence-corrected chi connectivity index (χ2v) is 11.0. The van der Waals surface area contributed by atoms with Gasteiger partial charge in [-0.3, -0.25) is 41.8 Å². The number of Topliss-reactive ketones (excluding diaryl/α,β-unsaturated/α-hetero) is 1. The molecule has 0 atom stereocenters. The third-order valence-corrected chi connectivity index (χ3v) is 7.71. The number of nitrogens with zero attached hydrogens (tertiary/aromatic N) is 11. The Morgan fingerprint density at radius 1 is 0.617 bits per heavy atom. The van der Waals surface area contributed by atoms with Crippen LogP contribution in [0, 0.1) is 0 Å². The molecule has 0 spiro atoms. The predicted octanol–water partition coefficient (Wildman–Crippen LogP) is -1.88. The number of carbonyl (C=O) groups is 1. The Morgan fingerprint density at radius 3 is 1.66 bits per heavy atom. The van der Waals surface area contributed by atoms with Crippen LogP contribution < -0.4 is 33.7 Å². The van der Waals surface area contributed by atoms with Gasteiger partial charge in [-0.2, -0.15) is 0 Å². The minimum absolute atomic E-state index is 0.118. The zero-order valence-electron chi connectivity index (χ0n) is 27.3. The second kappa shape index (κ2) is 13.2. The number of unbranched alkanes of at least 4 members (excludes halogenated alkanes) is 1. The molecule has 0 aliphatic carbocycles. The van der Waals surface area contributed by atoms with E-state index in [1.807, 2.05) is 0 Å². The van der Waals surface area contributed by atoms with E-state index in [0.29, 0.717) is 59.3 Å². The van der Waals surface area contributed by atoms with Crippen LogP contribution in [0.3, 0.4) is 0 Å². The summed E-state index contributed by atoms with van der Waals surface area (Å²) in [5, 5.41) is 0. The summed E-state index contributed by atoms with van der Waals surface area (Å²) in [6.45, 7) is 1.85. The quantitative estimate of drug-likeness (QED) is 0.205. The fourth-order valence-electron chi connectivity index (χ4n) is 4.98. The van der Waals surface area contributed by atoms with Crippen molar-refractivity contribution in [2.45, 2.75) is 32.7 Å². The number of carbonyl (C=O) groups excluding carboxylic acids is 1. The number of aryl methyl sites for hydroxylation is 5. The lowest BCUT2D eigenvalue weighted by Gasteiger charge is -2.08. The summed E-state index contributed by atoms with van der Waals surface area (Å²) >= 11 is 0. The van der Waals surface area contributed by atoms with Gasteiger partial charge in [-0.15, -0.1) is 0 Å². The molecule has 19 heteroatoms. The third-order valence-electron chi connectivity index (χ3n) is 7.71. The molecule has 250 valence electrons. The van der Waals surface area contributed by atoms with Crippen molar-refractivity contribution in [1.82, 2.24) is 56.5 Å². The first-order valence-corrected chi connectivity index (χ1v) is 14.4. The predicted molar refractivity (Wildman–Crippen MR) is 173 cm³/mol. The van der Waals surface area contributed by atoms with E-state index in [1.54, 1.807) is 44.4 Å². The lowest BCUT2D eigenvalue weighted by atomic mass is 10.2. The number of hydrogen-bond acceptors (Lipinski definition) is 10. The molecule has 1 N–H and O–H groups in total. The van der Waals surface area contributed by atoms with Gasteiger partial charge in [0.2, 0.25) is 0 Å². The molecule has 6 heterocycles. The lowest BCUT2D eigenvalue weighted by molar-refractivity contribution is -0.117. The minimum atomic E-state index is -0.371. The van der Waals surface area contributed by atoms with E-state index >= 15 is 0 Å². The Labute approximate surface area is 264 Å². The number of fused-ring (bicyclic) bond motifs is 3. The molecule has 0 aliphatic rings. The Morgan fingerprint density at radius 2 is 1.11 bits per heavy atom. The molecule has 47 heavy (non-hydrogen) atoms. The maximum Gasteiger partial charge on any atom is 0.332 e. The highest BCUT2D eigenvalue weighted by Crippen LogP contribution is 2.04. The van der Waals surface area contributed by atoms with E-state index in [-0.39, 0.29) is 39.5 Å². The molecule has 6 aromatic heterocycles. The number of aromatic amines is 1. The van der Waals surface area contributed by atoms with Crippen LogP contribution in [0.4, 0.5) is 0 Å². The SMILES string of the molecule is CC(=O)CCCCn1c(=O)c2c(ncn2C)n(C)c1=O.Cn1c(=O)c2[nH]cnc2n(C)c1=O.Cn1c(=O)c2c(ncn2C)n(C)c1=O. The summed E-state index contributed by atoms with van der Waals surface area (Å²) < 4.78 is 10.6. The monoisotopic (exact) mass is 652 g/mol. The Hall–Kier alpha value is -5.88. The number of aromatic nitrogens is 12. The molecular weight excluding hydrogens is 616 g/mol. The van der Waals surface area contributed by atoms with Gasteiger partial charge in [0.25, 0.3) is 16.7 Å². The van der Waals surface area contributed by atoms with Crippen molar-refractivity contribution in [3.63, 3.8) is 0 Å². The lowest BCUT2D eigenvalue weighted by Crippen LogP contribution is -2.39. The van der Waals surface area contributed by atoms with Gasteiger partial charge in [0.05, 0.1) is 19.0 Å². The van der Waals surface area contributed by atoms with Crippen LogP contribution in [0.1, 0.15) is 26.2 Å². The van der Waals surface area contributed by atoms with E-state index in [9.17, 15) is 33.6 Å². The van der Waals surface area contributed by atoms with Crippen molar-refractivity contribution in [2.75, 3.05) is 0 Å². The van der Waals surface area contributed by atoms with E-state index in [1.165, 1.54) is 58.3 Å². The largest absolute Gasteiger partial charge is 0.339 e. The normalized spacial score (nSPS) is 11.1. The number of hydrogen-bond donors (Lipinski definition) is 1. The standard InChI is InChI=1S/C13H18N4O3.C8H10N4O2.C7H8N4O2/c1-9(18)6-4-5-7-17-12(19)10-11(14-8-15(10)2)16(3)13(17)20;1-10-4-9-6-5(10)7(13)12(3)8(14)11(6)2;1-10-5-4(8-3-9-5)6(12)11(2)7(10)13/h8H,4-7H2,1-3H3;4H,1-3H3;3H,1-2H3,(H,8,9). The molecule has 6 aromatic rings. The smallest absolute Gasteiger partial charge is 0.332 e. The molecule has 0 radical (unpaired) electrons. The van der Waals surface area contributed by atoms with E-state index in [0.717, 1.165) is 9.13 Å². The van der Waals surface area contributed by atoms with Crippen molar-refractivity contribution in [1.29, 1.82) is 0 Å². The molecule has 0 aromatic carbocycles. The molecule has 19 nitrogen and oxygen atoms in total. The van der Waals surface area contributed by atoms with Gasteiger partial charge in [0.15, 0.2) is 28.0 Å². The summed E-state index contributed by atoms with van der Waals surface area (Å²) in [7, 11) is 11.1. The number of ketones is 1. The maximum atomic E-state index is 12.3. The first-order chi connectivity index (χ1) is 22.1. The molecular formula is C28H36N12O7. The van der Waals surface area contributed by atoms with Gasteiger partial charge in [-0.1, -0.05) is 0 Å². The molecule has 0 amide bonds. The van der Waals surface area contributed by atoms with Crippen LogP contribution in [-0.2, 0) is 60.7 Å². The Balaban J connectivity index is 0.000000164. The zero-order valence-corrected chi connectivity index (χ0v) is 27.3. The van der Waals surface area contributed by atoms with Crippen LogP contribution >= 0.6 is 0 Å². The van der Waals surface area contributed by atoms with Gasteiger partial charge in [-0.05, 0) is 19.8 Å². The molecule has 0 fully saturated rings. The van der Waals surface area contributed by atoms with Crippen LogP contribution in [0.25, 0.3) is 33.5 Å². The van der Waals surface area contributed by atoms with Crippen LogP contribution in [0.15, 0.2) is 47.7 Å². The first kappa shape index (κ1) is 34.0. The number of imidazole rings is 3. The van der Waals surface area contributed by atoms with Gasteiger partial charge >= 0.3 is 17.1 Å². The van der Waals surface area contributed by atoms with Crippen molar-refractivity contribution in [2.24, 2.45) is 49.3 Å². The Bertz CT molecular complexity index is 2510. The molecule has 0 saturated carbocycles. The first-order valence-electron chi connectivity index (χ1n) is 14.4. The molecule has 6 rings (SSSR count). The summed E-state index contributed by atoms with van der Waals surface area (Å²) in [6.07, 6.45) is 6.21. The molecule has 0 unspecified atom stereocenters. The molecule has 0 saturated heterocycles. The fourth-order valence-corrected chi connectivity index (χ4v) is 4.98. The van der Waals surface area contributed by atoms with Gasteiger partial charge in [0.1, 0.15) is 11.3 Å². The van der Waals surface area contributed by atoms with Crippen molar-refractivity contribution < 1.29 is 4.79 Å². The van der Waals surface area contributed by atoms with Crippen LogP contribution in [0.2, 0.25) is 0 Å². The third kappa shape index (κ3) is 6.18. The highest BCUT2D eigenvalue weighted by Gasteiger charge is 2.15. The topological polar surface area (TPSA) is 213 Å². The average Bonchev–Trinajstić information content (AvgIpc) is 3.78. The van der Waals surface area contributed by atoms with Crippen molar-refractivity contribution in [3.05, 3.63) is 81.5 Å². The van der Waals surface area contributed by atoms with E-state index < -0.39 is 0 Å². The summed E-state index contributed by atoms with van der Waals surface area (Å²) in [5.41, 5.74) is 0.300. The molecule has 0 bridgehead atoms. The van der Waals surface area contributed by atoms with Crippen molar-refractivity contribution in [3.8, 4) is 0 Å². The van der Waals surface area contributed by atoms with E-state index in [2.05, 4.69) is 19.9 Å². The number of rotatable bonds is 5. The van der Waals surface area contributed by atoms with Gasteiger partial charge in [0, 0.05) is 62.3 Å². The highest BCUT2D eigenvalue weighted by atomic mass is 16.2. The molecule has 0 aliphatic heterocycles. The number of H-pyrrole nitrogens is 1. The summed E-state index contributed by atoms with van der Waals surface area (Å²) in [6, 6.07) is 0. The average molecular weight is 653 g/mol. The van der Waals surface area contributed by atoms with Crippen molar-refractivity contribution >= 4 is 39.3 Å². The second-order valence-electron chi connectivity index (χ2n) is 11.0. The van der Waals surface area contributed by atoms with Crippen LogP contribution in [-0.4, -0.2) is 62.3 Å². The Kier molecular flexibility index (Phi) is 9.57. The minimum Gasteiger partial charge on any atom is -0.339 e. The van der Waals surface area contributed by atoms with E-state index in [4.69, 9.17) is 0 Å². The number of nitrogens with one attached hydrogen (secondary N) is 1. The fraction of sp³-hybridized carbons (Fsp3) is 0.429. The summed E-state index contributed by atoms with van der Waals surface area (Å²) in [5.74, 6) is 0.118. The highest BCUT2D eigenvalue weighted by molar-refractivity contribution is 5.75. The zero-order chi connectivity index (χ0) is 34.9. The van der Waals surface area contributed by atoms with Crippen LogP contribution in [0.5, 0.6) is 0 Å². The van der Waals surface area contributed by atoms with Gasteiger partial charge in [-0.25, -0.2) is 29.3 Å². The summed E-state index contributed by atoms with van der Waals surface area (Å²) in [4.78, 5) is 96.0. The van der Waals surface area contributed by atoms with Gasteiger partial charge < -0.3 is 18.9 Å².